The second-order valence-electron chi connectivity index (χ2n) is 8.21. The number of nitrogens with zero attached hydrogens (tertiary/aromatic N) is 4. The van der Waals surface area contributed by atoms with E-state index in [2.05, 4.69) is 5.10 Å². The molecule has 5 rings (SSSR count). The van der Waals surface area contributed by atoms with Gasteiger partial charge in [-0.3, -0.25) is 10.1 Å². The molecule has 1 unspecified atom stereocenters. The van der Waals surface area contributed by atoms with Crippen LogP contribution in [0.15, 0.2) is 66.9 Å². The fourth-order valence-corrected chi connectivity index (χ4v) is 4.37. The first-order chi connectivity index (χ1) is 15.9. The molecule has 0 bridgehead atoms. The lowest BCUT2D eigenvalue weighted by atomic mass is 9.93. The minimum atomic E-state index is -1.77. The Morgan fingerprint density at radius 2 is 1.91 bits per heavy atom. The van der Waals surface area contributed by atoms with E-state index < -0.39 is 17.2 Å². The van der Waals surface area contributed by atoms with Gasteiger partial charge in [-0.2, -0.15) is 5.10 Å². The molecule has 33 heavy (non-hydrogen) atoms. The SMILES string of the molecule is O=[N+]([O-])c1ccc2c(c1)CCN2CC(O)(CF)c1ccc2c(cnn2-c2ccc(F)cc2)c1. The minimum absolute atomic E-state index is 0.00587. The number of aliphatic hydroxyl groups is 1. The van der Waals surface area contributed by atoms with Crippen molar-refractivity contribution in [2.45, 2.75) is 12.0 Å². The zero-order valence-corrected chi connectivity index (χ0v) is 17.5. The van der Waals surface area contributed by atoms with Crippen molar-refractivity contribution in [3.8, 4) is 5.69 Å². The van der Waals surface area contributed by atoms with Gasteiger partial charge in [0, 0.05) is 29.8 Å². The smallest absolute Gasteiger partial charge is 0.269 e. The van der Waals surface area contributed by atoms with E-state index in [1.807, 2.05) is 4.90 Å². The van der Waals surface area contributed by atoms with Crippen LogP contribution in [0.25, 0.3) is 16.6 Å². The van der Waals surface area contributed by atoms with Gasteiger partial charge in [-0.05, 0) is 60.0 Å². The summed E-state index contributed by atoms with van der Waals surface area (Å²) in [7, 11) is 0. The number of aromatic nitrogens is 2. The molecule has 1 atom stereocenters. The van der Waals surface area contributed by atoms with Crippen LogP contribution in [0.3, 0.4) is 0 Å². The molecule has 1 aromatic heterocycles. The second-order valence-corrected chi connectivity index (χ2v) is 8.21. The Kier molecular flexibility index (Phi) is 5.05. The summed E-state index contributed by atoms with van der Waals surface area (Å²) < 4.78 is 29.1. The first-order valence-corrected chi connectivity index (χ1v) is 10.4. The van der Waals surface area contributed by atoms with E-state index in [1.165, 1.54) is 24.3 Å². The third-order valence-electron chi connectivity index (χ3n) is 6.12. The van der Waals surface area contributed by atoms with Crippen molar-refractivity contribution >= 4 is 22.3 Å². The molecule has 2 heterocycles. The van der Waals surface area contributed by atoms with Gasteiger partial charge < -0.3 is 10.0 Å². The van der Waals surface area contributed by atoms with Gasteiger partial charge in [0.15, 0.2) is 0 Å². The largest absolute Gasteiger partial charge is 0.381 e. The van der Waals surface area contributed by atoms with E-state index in [9.17, 15) is 24.0 Å². The molecular formula is C24H20F2N4O3. The number of β-amino-alcohol motifs (C(OH)–C–C–N with tert-alkyl or cyclic N) is 1. The normalized spacial score (nSPS) is 14.9. The summed E-state index contributed by atoms with van der Waals surface area (Å²) in [6.07, 6.45) is 2.20. The molecule has 0 radical (unpaired) electrons. The van der Waals surface area contributed by atoms with Gasteiger partial charge in [0.25, 0.3) is 5.69 Å². The highest BCUT2D eigenvalue weighted by molar-refractivity contribution is 5.81. The molecule has 9 heteroatoms. The van der Waals surface area contributed by atoms with Gasteiger partial charge in [0.1, 0.15) is 18.1 Å². The van der Waals surface area contributed by atoms with E-state index in [-0.39, 0.29) is 18.0 Å². The molecule has 4 aromatic rings. The molecule has 0 fully saturated rings. The summed E-state index contributed by atoms with van der Waals surface area (Å²) in [5.74, 6) is -0.344. The number of benzene rings is 3. The molecular weight excluding hydrogens is 430 g/mol. The van der Waals surface area contributed by atoms with Crippen molar-refractivity contribution in [2.75, 3.05) is 24.7 Å². The summed E-state index contributed by atoms with van der Waals surface area (Å²) in [5, 5.41) is 27.3. The molecule has 0 spiro atoms. The molecule has 1 N–H and O–H groups in total. The Morgan fingerprint density at radius 1 is 1.12 bits per heavy atom. The minimum Gasteiger partial charge on any atom is -0.381 e. The summed E-state index contributed by atoms with van der Waals surface area (Å²) in [4.78, 5) is 12.4. The van der Waals surface area contributed by atoms with Gasteiger partial charge in [-0.1, -0.05) is 6.07 Å². The zero-order chi connectivity index (χ0) is 23.2. The van der Waals surface area contributed by atoms with Crippen LogP contribution in [0.5, 0.6) is 0 Å². The van der Waals surface area contributed by atoms with Gasteiger partial charge in [-0.15, -0.1) is 0 Å². The number of nitro groups is 1. The third kappa shape index (κ3) is 3.70. The van der Waals surface area contributed by atoms with E-state index in [4.69, 9.17) is 0 Å². The molecule has 0 amide bonds. The maximum Gasteiger partial charge on any atom is 0.269 e. The number of hydrogen-bond donors (Lipinski definition) is 1. The van der Waals surface area contributed by atoms with E-state index >= 15 is 0 Å². The van der Waals surface area contributed by atoms with Gasteiger partial charge >= 0.3 is 0 Å². The van der Waals surface area contributed by atoms with Crippen LogP contribution >= 0.6 is 0 Å². The number of non-ortho nitro benzene ring substituents is 1. The Balaban J connectivity index is 1.45. The van der Waals surface area contributed by atoms with Crippen molar-refractivity contribution in [1.82, 2.24) is 9.78 Å². The van der Waals surface area contributed by atoms with Gasteiger partial charge in [0.2, 0.25) is 0 Å². The van der Waals surface area contributed by atoms with Gasteiger partial charge in [-0.25, -0.2) is 13.5 Å². The van der Waals surface area contributed by atoms with Crippen LogP contribution in [0, 0.1) is 15.9 Å². The highest BCUT2D eigenvalue weighted by Gasteiger charge is 2.35. The number of hydrogen-bond acceptors (Lipinski definition) is 5. The molecule has 1 aliphatic rings. The number of alkyl halides is 1. The van der Waals surface area contributed by atoms with Crippen molar-refractivity contribution < 1.29 is 18.8 Å². The Morgan fingerprint density at radius 3 is 2.64 bits per heavy atom. The maximum absolute atomic E-state index is 14.2. The van der Waals surface area contributed by atoms with Crippen molar-refractivity contribution in [3.05, 3.63) is 93.9 Å². The zero-order valence-electron chi connectivity index (χ0n) is 17.5. The van der Waals surface area contributed by atoms with Crippen LogP contribution in [-0.4, -0.2) is 39.6 Å². The Labute approximate surface area is 187 Å². The van der Waals surface area contributed by atoms with Crippen molar-refractivity contribution in [3.63, 3.8) is 0 Å². The molecule has 168 valence electrons. The monoisotopic (exact) mass is 450 g/mol. The van der Waals surface area contributed by atoms with E-state index in [0.717, 1.165) is 16.8 Å². The average molecular weight is 450 g/mol. The topological polar surface area (TPSA) is 84.4 Å². The first-order valence-electron chi connectivity index (χ1n) is 10.4. The first kappa shape index (κ1) is 21.0. The summed E-state index contributed by atoms with van der Waals surface area (Å²) >= 11 is 0. The van der Waals surface area contributed by atoms with Crippen LogP contribution < -0.4 is 4.90 Å². The standard InChI is InChI=1S/C24H20F2N4O3/c25-14-24(31,15-28-10-9-16-12-21(30(32)33)6-8-22(16)28)18-1-7-23-17(11-18)13-27-29(23)20-4-2-19(26)3-5-20/h1-8,11-13,31H,9-10,14-15H2. The fourth-order valence-electron chi connectivity index (χ4n) is 4.37. The predicted octanol–water partition coefficient (Wildman–Crippen LogP) is 4.29. The molecule has 0 saturated carbocycles. The van der Waals surface area contributed by atoms with Crippen LogP contribution in [0.1, 0.15) is 11.1 Å². The highest BCUT2D eigenvalue weighted by Crippen LogP contribution is 2.35. The van der Waals surface area contributed by atoms with Crippen LogP contribution in [0.2, 0.25) is 0 Å². The molecule has 3 aromatic carbocycles. The van der Waals surface area contributed by atoms with Crippen LogP contribution in [-0.2, 0) is 12.0 Å². The van der Waals surface area contributed by atoms with Crippen molar-refractivity contribution in [1.29, 1.82) is 0 Å². The van der Waals surface area contributed by atoms with Crippen LogP contribution in [0.4, 0.5) is 20.2 Å². The average Bonchev–Trinajstić information content (AvgIpc) is 3.43. The maximum atomic E-state index is 14.2. The summed E-state index contributed by atoms with van der Waals surface area (Å²) in [5.41, 5.74) is 1.65. The predicted molar refractivity (Wildman–Crippen MR) is 120 cm³/mol. The highest BCUT2D eigenvalue weighted by atomic mass is 19.1. The number of anilines is 1. The summed E-state index contributed by atoms with van der Waals surface area (Å²) in [6.45, 7) is -0.459. The van der Waals surface area contributed by atoms with E-state index in [1.54, 1.807) is 47.3 Å². The molecule has 1 aliphatic heterocycles. The fraction of sp³-hybridized carbons (Fsp3) is 0.208. The molecule has 0 saturated heterocycles. The van der Waals surface area contributed by atoms with E-state index in [0.29, 0.717) is 29.6 Å². The quantitative estimate of drug-likeness (QED) is 0.350. The summed E-state index contributed by atoms with van der Waals surface area (Å²) in [6, 6.07) is 15.6. The van der Waals surface area contributed by atoms with Gasteiger partial charge in [0.05, 0.1) is 28.9 Å². The number of halogens is 2. The Bertz CT molecular complexity index is 1360. The second kappa shape index (κ2) is 7.93. The molecule has 0 aliphatic carbocycles. The Hall–Kier alpha value is -3.85. The lowest BCUT2D eigenvalue weighted by Gasteiger charge is -2.32. The van der Waals surface area contributed by atoms with Crippen molar-refractivity contribution in [2.24, 2.45) is 0 Å². The lowest BCUT2D eigenvalue weighted by Crippen LogP contribution is -2.42. The lowest BCUT2D eigenvalue weighted by molar-refractivity contribution is -0.384. The number of rotatable bonds is 6. The third-order valence-corrected chi connectivity index (χ3v) is 6.12. The molecule has 7 nitrogen and oxygen atoms in total. The number of nitro benzene ring substituents is 1. The number of fused-ring (bicyclic) bond motifs is 2.